The molecule has 0 saturated heterocycles. The summed E-state index contributed by atoms with van der Waals surface area (Å²) in [6, 6.07) is 21.9. The van der Waals surface area contributed by atoms with E-state index in [1.54, 1.807) is 12.1 Å². The SMILES string of the molecule is CCc1ccc(C(=O)NC(=S)Nc2nc(-c3cccc4ccccc34)cs2)cc1. The maximum atomic E-state index is 12.4. The molecule has 144 valence electrons. The van der Waals surface area contributed by atoms with Crippen LogP contribution in [0.3, 0.4) is 0 Å². The van der Waals surface area contributed by atoms with Gasteiger partial charge in [-0.15, -0.1) is 11.3 Å². The van der Waals surface area contributed by atoms with E-state index >= 15 is 0 Å². The van der Waals surface area contributed by atoms with Crippen LogP contribution in [0.2, 0.25) is 0 Å². The summed E-state index contributed by atoms with van der Waals surface area (Å²) in [7, 11) is 0. The monoisotopic (exact) mass is 417 g/mol. The minimum atomic E-state index is -0.240. The van der Waals surface area contributed by atoms with Crippen molar-refractivity contribution in [2.75, 3.05) is 5.32 Å². The molecule has 3 aromatic carbocycles. The summed E-state index contributed by atoms with van der Waals surface area (Å²) < 4.78 is 0. The van der Waals surface area contributed by atoms with Crippen LogP contribution in [0.15, 0.2) is 72.1 Å². The van der Waals surface area contributed by atoms with Gasteiger partial charge in [0.2, 0.25) is 0 Å². The molecule has 0 aliphatic carbocycles. The first-order valence-corrected chi connectivity index (χ1v) is 10.6. The molecule has 0 unspecified atom stereocenters. The molecule has 0 bridgehead atoms. The predicted molar refractivity (Wildman–Crippen MR) is 125 cm³/mol. The van der Waals surface area contributed by atoms with Crippen LogP contribution in [0.25, 0.3) is 22.0 Å². The fourth-order valence-corrected chi connectivity index (χ4v) is 4.07. The number of fused-ring (bicyclic) bond motifs is 1. The standard InChI is InChI=1S/C23H19N3OS2/c1-2-15-10-12-17(13-11-15)21(27)25-22(28)26-23-24-20(14-29-23)19-9-5-7-16-6-3-4-8-18(16)19/h3-14H,2H2,1H3,(H2,24,25,26,27,28). The number of hydrogen-bond acceptors (Lipinski definition) is 4. The normalized spacial score (nSPS) is 10.7. The Morgan fingerprint density at radius 2 is 1.79 bits per heavy atom. The van der Waals surface area contributed by atoms with E-state index in [-0.39, 0.29) is 11.0 Å². The Balaban J connectivity index is 1.46. The van der Waals surface area contributed by atoms with Crippen molar-refractivity contribution in [3.8, 4) is 11.3 Å². The second kappa shape index (κ2) is 8.51. The lowest BCUT2D eigenvalue weighted by atomic mass is 10.0. The van der Waals surface area contributed by atoms with Crippen LogP contribution in [-0.4, -0.2) is 16.0 Å². The molecule has 0 atom stereocenters. The molecule has 0 aliphatic rings. The number of carbonyl (C=O) groups excluding carboxylic acids is 1. The third-order valence-electron chi connectivity index (χ3n) is 4.64. The molecule has 4 aromatic rings. The average molecular weight is 418 g/mol. The summed E-state index contributed by atoms with van der Waals surface area (Å²) in [4.78, 5) is 17.0. The Kier molecular flexibility index (Phi) is 5.64. The molecule has 2 N–H and O–H groups in total. The molecule has 1 heterocycles. The number of nitrogens with one attached hydrogen (secondary N) is 2. The highest BCUT2D eigenvalue weighted by Crippen LogP contribution is 2.30. The number of nitrogens with zero attached hydrogens (tertiary/aromatic N) is 1. The van der Waals surface area contributed by atoms with Gasteiger partial charge in [0.15, 0.2) is 10.2 Å². The first kappa shape index (κ1) is 19.2. The largest absolute Gasteiger partial charge is 0.308 e. The molecular weight excluding hydrogens is 398 g/mol. The van der Waals surface area contributed by atoms with Gasteiger partial charge >= 0.3 is 0 Å². The maximum absolute atomic E-state index is 12.4. The van der Waals surface area contributed by atoms with Gasteiger partial charge in [-0.25, -0.2) is 4.98 Å². The Labute approximate surface area is 178 Å². The first-order valence-electron chi connectivity index (χ1n) is 9.29. The van der Waals surface area contributed by atoms with Crippen LogP contribution in [0.5, 0.6) is 0 Å². The number of rotatable bonds is 4. The van der Waals surface area contributed by atoms with E-state index < -0.39 is 0 Å². The summed E-state index contributed by atoms with van der Waals surface area (Å²) in [5, 5.41) is 10.9. The van der Waals surface area contributed by atoms with Gasteiger partial charge in [0.05, 0.1) is 5.69 Å². The van der Waals surface area contributed by atoms with Crippen molar-refractivity contribution in [2.24, 2.45) is 0 Å². The molecule has 0 fully saturated rings. The number of thiocarbonyl (C=S) groups is 1. The molecule has 0 saturated carbocycles. The van der Waals surface area contributed by atoms with Gasteiger partial charge in [0.1, 0.15) is 0 Å². The Hall–Kier alpha value is -3.09. The highest BCUT2D eigenvalue weighted by Gasteiger charge is 2.11. The molecule has 4 rings (SSSR count). The van der Waals surface area contributed by atoms with Crippen molar-refractivity contribution >= 4 is 50.5 Å². The van der Waals surface area contributed by atoms with E-state index in [9.17, 15) is 4.79 Å². The second-order valence-electron chi connectivity index (χ2n) is 6.52. The predicted octanol–water partition coefficient (Wildman–Crippen LogP) is 5.65. The lowest BCUT2D eigenvalue weighted by molar-refractivity contribution is 0.0977. The summed E-state index contributed by atoms with van der Waals surface area (Å²) in [5.74, 6) is -0.240. The van der Waals surface area contributed by atoms with Gasteiger partial charge in [-0.3, -0.25) is 10.1 Å². The van der Waals surface area contributed by atoms with Crippen LogP contribution >= 0.6 is 23.6 Å². The number of carbonyl (C=O) groups is 1. The molecular formula is C23H19N3OS2. The van der Waals surface area contributed by atoms with Gasteiger partial charge in [0.25, 0.3) is 5.91 Å². The Morgan fingerprint density at radius 1 is 1.03 bits per heavy atom. The number of thiazole rings is 1. The fourth-order valence-electron chi connectivity index (χ4n) is 3.10. The maximum Gasteiger partial charge on any atom is 0.257 e. The van der Waals surface area contributed by atoms with E-state index in [0.717, 1.165) is 23.1 Å². The van der Waals surface area contributed by atoms with E-state index in [1.165, 1.54) is 22.3 Å². The second-order valence-corrected chi connectivity index (χ2v) is 7.79. The third kappa shape index (κ3) is 4.34. The van der Waals surface area contributed by atoms with Gasteiger partial charge in [-0.2, -0.15) is 0 Å². The first-order chi connectivity index (χ1) is 14.1. The molecule has 4 nitrogen and oxygen atoms in total. The zero-order chi connectivity index (χ0) is 20.2. The van der Waals surface area contributed by atoms with Crippen molar-refractivity contribution in [3.63, 3.8) is 0 Å². The van der Waals surface area contributed by atoms with Gasteiger partial charge in [-0.05, 0) is 47.1 Å². The molecule has 29 heavy (non-hydrogen) atoms. The van der Waals surface area contributed by atoms with Crippen LogP contribution in [0.4, 0.5) is 5.13 Å². The van der Waals surface area contributed by atoms with E-state index in [2.05, 4.69) is 46.8 Å². The number of aryl methyl sites for hydroxylation is 1. The lowest BCUT2D eigenvalue weighted by Gasteiger charge is -2.08. The molecule has 6 heteroatoms. The quantitative estimate of drug-likeness (QED) is 0.421. The summed E-state index contributed by atoms with van der Waals surface area (Å²) in [6.45, 7) is 2.08. The summed E-state index contributed by atoms with van der Waals surface area (Å²) in [6.07, 6.45) is 0.935. The highest BCUT2D eigenvalue weighted by molar-refractivity contribution is 7.80. The zero-order valence-electron chi connectivity index (χ0n) is 15.8. The highest BCUT2D eigenvalue weighted by atomic mass is 32.1. The van der Waals surface area contributed by atoms with Crippen molar-refractivity contribution in [1.82, 2.24) is 10.3 Å². The van der Waals surface area contributed by atoms with E-state index in [1.807, 2.05) is 35.7 Å². The van der Waals surface area contributed by atoms with Gasteiger partial charge in [0, 0.05) is 16.5 Å². The Morgan fingerprint density at radius 3 is 2.59 bits per heavy atom. The number of aromatic nitrogens is 1. The number of amides is 1. The summed E-state index contributed by atoms with van der Waals surface area (Å²) in [5.41, 5.74) is 3.70. The average Bonchev–Trinajstić information content (AvgIpc) is 3.21. The fraction of sp³-hybridized carbons (Fsp3) is 0.0870. The molecule has 0 spiro atoms. The van der Waals surface area contributed by atoms with Gasteiger partial charge in [-0.1, -0.05) is 61.5 Å². The molecule has 1 aromatic heterocycles. The van der Waals surface area contributed by atoms with Crippen molar-refractivity contribution in [3.05, 3.63) is 83.2 Å². The van der Waals surface area contributed by atoms with Crippen LogP contribution in [-0.2, 0) is 6.42 Å². The van der Waals surface area contributed by atoms with E-state index in [4.69, 9.17) is 12.2 Å². The third-order valence-corrected chi connectivity index (χ3v) is 5.60. The lowest BCUT2D eigenvalue weighted by Crippen LogP contribution is -2.34. The van der Waals surface area contributed by atoms with Crippen molar-refractivity contribution in [2.45, 2.75) is 13.3 Å². The number of anilines is 1. The molecule has 0 aliphatic heterocycles. The van der Waals surface area contributed by atoms with Crippen LogP contribution in [0.1, 0.15) is 22.8 Å². The zero-order valence-corrected chi connectivity index (χ0v) is 17.4. The van der Waals surface area contributed by atoms with E-state index in [0.29, 0.717) is 10.7 Å². The summed E-state index contributed by atoms with van der Waals surface area (Å²) >= 11 is 6.74. The molecule has 1 amide bonds. The number of benzene rings is 3. The van der Waals surface area contributed by atoms with Gasteiger partial charge < -0.3 is 5.32 Å². The molecule has 0 radical (unpaired) electrons. The van der Waals surface area contributed by atoms with Crippen molar-refractivity contribution in [1.29, 1.82) is 0 Å². The van der Waals surface area contributed by atoms with Crippen molar-refractivity contribution < 1.29 is 4.79 Å². The smallest absolute Gasteiger partial charge is 0.257 e. The van der Waals surface area contributed by atoms with Crippen LogP contribution in [0, 0.1) is 0 Å². The Bertz CT molecular complexity index is 1180. The minimum absolute atomic E-state index is 0.230. The minimum Gasteiger partial charge on any atom is -0.308 e. The topological polar surface area (TPSA) is 54.0 Å². The number of hydrogen-bond donors (Lipinski definition) is 2. The van der Waals surface area contributed by atoms with Crippen LogP contribution < -0.4 is 10.6 Å².